The topological polar surface area (TPSA) is 27.7 Å². The van der Waals surface area contributed by atoms with Gasteiger partial charge in [0, 0.05) is 0 Å². The quantitative estimate of drug-likeness (QED) is 0.803. The predicted octanol–water partition coefficient (Wildman–Crippen LogP) is 3.05. The molecule has 0 spiro atoms. The molecule has 6 heteroatoms. The molecule has 0 amide bonds. The van der Waals surface area contributed by atoms with Crippen LogP contribution in [0.15, 0.2) is 12.1 Å². The molecule has 21 heavy (non-hydrogen) atoms. The maximum Gasteiger partial charge on any atom is 0.501 e. The zero-order valence-electron chi connectivity index (χ0n) is 13.3. The Morgan fingerprint density at radius 3 is 2.05 bits per heavy atom. The van der Waals surface area contributed by atoms with E-state index in [0.29, 0.717) is 0 Å². The molecule has 0 atom stereocenters. The largest absolute Gasteiger partial charge is 0.501 e. The Morgan fingerprint density at radius 2 is 1.57 bits per heavy atom. The first-order chi connectivity index (χ1) is 9.55. The van der Waals surface area contributed by atoms with Gasteiger partial charge in [0.2, 0.25) is 0 Å². The van der Waals surface area contributed by atoms with Crippen LogP contribution in [-0.4, -0.2) is 24.4 Å². The van der Waals surface area contributed by atoms with E-state index in [1.54, 1.807) is 13.8 Å². The molecule has 1 aromatic rings. The molecule has 1 aromatic carbocycles. The van der Waals surface area contributed by atoms with Crippen molar-refractivity contribution in [3.8, 4) is 5.75 Å². The molecule has 116 valence electrons. The van der Waals surface area contributed by atoms with Crippen molar-refractivity contribution in [1.29, 1.82) is 0 Å². The molecule has 1 heterocycles. The van der Waals surface area contributed by atoms with Crippen LogP contribution in [0, 0.1) is 11.6 Å². The molecule has 0 bridgehead atoms. The van der Waals surface area contributed by atoms with Crippen LogP contribution in [-0.2, 0) is 9.31 Å². The summed E-state index contributed by atoms with van der Waals surface area (Å²) in [5.74, 6) is -1.49. The highest BCUT2D eigenvalue weighted by Gasteiger charge is 2.53. The van der Waals surface area contributed by atoms with Crippen molar-refractivity contribution in [3.05, 3.63) is 23.8 Å². The van der Waals surface area contributed by atoms with Crippen molar-refractivity contribution < 1.29 is 22.8 Å². The molecule has 1 aliphatic rings. The first-order valence-electron chi connectivity index (χ1n) is 7.05. The molecule has 1 aliphatic heterocycles. The number of rotatable bonds is 3. The Morgan fingerprint density at radius 1 is 1.05 bits per heavy atom. The molecule has 0 N–H and O–H groups in total. The summed E-state index contributed by atoms with van der Waals surface area (Å²) < 4.78 is 45.4. The number of benzene rings is 1. The molecule has 0 aliphatic carbocycles. The Labute approximate surface area is 124 Å². The van der Waals surface area contributed by atoms with E-state index in [-0.39, 0.29) is 17.3 Å². The average molecular weight is 298 g/mol. The van der Waals surface area contributed by atoms with Gasteiger partial charge in [-0.05, 0) is 53.7 Å². The third kappa shape index (κ3) is 2.92. The van der Waals surface area contributed by atoms with E-state index in [1.165, 1.54) is 12.1 Å². The fourth-order valence-electron chi connectivity index (χ4n) is 2.07. The lowest BCUT2D eigenvalue weighted by Crippen LogP contribution is -2.41. The zero-order valence-corrected chi connectivity index (χ0v) is 13.3. The maximum absolute atomic E-state index is 14.5. The molecule has 0 saturated carbocycles. The molecular weight excluding hydrogens is 277 g/mol. The van der Waals surface area contributed by atoms with Crippen LogP contribution in [0.3, 0.4) is 0 Å². The van der Waals surface area contributed by atoms with E-state index in [1.807, 2.05) is 27.7 Å². The number of ether oxygens (including phenoxy) is 1. The highest BCUT2D eigenvalue weighted by atomic mass is 19.1. The second-order valence-corrected chi connectivity index (χ2v) is 6.53. The molecular formula is C15H21BF2O3. The smallest absolute Gasteiger partial charge is 0.488 e. The van der Waals surface area contributed by atoms with Crippen molar-refractivity contribution in [2.24, 2.45) is 0 Å². The van der Waals surface area contributed by atoms with Crippen molar-refractivity contribution in [3.63, 3.8) is 0 Å². The van der Waals surface area contributed by atoms with E-state index in [4.69, 9.17) is 14.0 Å². The van der Waals surface area contributed by atoms with Crippen LogP contribution in [0.2, 0.25) is 0 Å². The molecule has 0 unspecified atom stereocenters. The maximum atomic E-state index is 14.5. The summed E-state index contributed by atoms with van der Waals surface area (Å²) in [6, 6.07) is 2.45. The normalized spacial score (nSPS) is 20.1. The Balaban J connectivity index is 2.41. The number of hydrogen-bond donors (Lipinski definition) is 0. The van der Waals surface area contributed by atoms with Gasteiger partial charge in [-0.2, -0.15) is 0 Å². The number of halogens is 2. The minimum Gasteiger partial charge on any atom is -0.488 e. The molecule has 1 fully saturated rings. The predicted molar refractivity (Wildman–Crippen MR) is 77.8 cm³/mol. The molecule has 0 radical (unpaired) electrons. The lowest BCUT2D eigenvalue weighted by molar-refractivity contribution is 0.00578. The standard InChI is InChI=1S/C15H21BF2O3/c1-9(2)19-11-8-7-10(17)12(13(11)18)16-20-14(3,4)15(5,6)21-16/h7-9H,1-6H3. The molecule has 1 saturated heterocycles. The van der Waals surface area contributed by atoms with Crippen LogP contribution >= 0.6 is 0 Å². The average Bonchev–Trinajstić information content (AvgIpc) is 2.51. The van der Waals surface area contributed by atoms with Crippen molar-refractivity contribution in [2.45, 2.75) is 58.8 Å². The van der Waals surface area contributed by atoms with Crippen LogP contribution in [0.1, 0.15) is 41.5 Å². The third-order valence-electron chi connectivity index (χ3n) is 3.94. The van der Waals surface area contributed by atoms with Gasteiger partial charge in [0.25, 0.3) is 0 Å². The SMILES string of the molecule is CC(C)Oc1ccc(F)c(B2OC(C)(C)C(C)(C)O2)c1F. The van der Waals surface area contributed by atoms with E-state index in [2.05, 4.69) is 0 Å². The molecule has 2 rings (SSSR count). The van der Waals surface area contributed by atoms with Crippen LogP contribution in [0.4, 0.5) is 8.78 Å². The van der Waals surface area contributed by atoms with Gasteiger partial charge in [-0.1, -0.05) is 0 Å². The van der Waals surface area contributed by atoms with Crippen molar-refractivity contribution in [2.75, 3.05) is 0 Å². The zero-order chi connectivity index (χ0) is 16.0. The second kappa shape index (κ2) is 5.25. The third-order valence-corrected chi connectivity index (χ3v) is 3.94. The highest BCUT2D eigenvalue weighted by molar-refractivity contribution is 6.62. The van der Waals surface area contributed by atoms with Gasteiger partial charge in [-0.25, -0.2) is 8.78 Å². The van der Waals surface area contributed by atoms with Crippen LogP contribution in [0.25, 0.3) is 0 Å². The Hall–Kier alpha value is -1.14. The van der Waals surface area contributed by atoms with E-state index in [9.17, 15) is 8.78 Å². The summed E-state index contributed by atoms with van der Waals surface area (Å²) in [6.07, 6.45) is -0.212. The highest BCUT2D eigenvalue weighted by Crippen LogP contribution is 2.37. The summed E-state index contributed by atoms with van der Waals surface area (Å²) in [5.41, 5.74) is -1.57. The minimum atomic E-state index is -1.09. The fraction of sp³-hybridized carbons (Fsp3) is 0.600. The summed E-state index contributed by atoms with van der Waals surface area (Å²) >= 11 is 0. The van der Waals surface area contributed by atoms with Gasteiger partial charge in [0.1, 0.15) is 5.82 Å². The van der Waals surface area contributed by atoms with E-state index in [0.717, 1.165) is 0 Å². The minimum absolute atomic E-state index is 0.00360. The Bertz CT molecular complexity index is 528. The van der Waals surface area contributed by atoms with Crippen LogP contribution in [0.5, 0.6) is 5.75 Å². The van der Waals surface area contributed by atoms with Crippen LogP contribution < -0.4 is 10.2 Å². The van der Waals surface area contributed by atoms with Gasteiger partial charge in [0.15, 0.2) is 11.6 Å². The first kappa shape index (κ1) is 16.2. The molecule has 3 nitrogen and oxygen atoms in total. The summed E-state index contributed by atoms with van der Waals surface area (Å²) in [7, 11) is -1.09. The second-order valence-electron chi connectivity index (χ2n) is 6.53. The van der Waals surface area contributed by atoms with Crippen molar-refractivity contribution in [1.82, 2.24) is 0 Å². The van der Waals surface area contributed by atoms with Gasteiger partial charge < -0.3 is 14.0 Å². The number of hydrogen-bond acceptors (Lipinski definition) is 3. The van der Waals surface area contributed by atoms with Gasteiger partial charge in [-0.15, -0.1) is 0 Å². The van der Waals surface area contributed by atoms with E-state index >= 15 is 0 Å². The lowest BCUT2D eigenvalue weighted by atomic mass is 9.78. The van der Waals surface area contributed by atoms with Gasteiger partial charge in [-0.3, -0.25) is 0 Å². The van der Waals surface area contributed by atoms with Gasteiger partial charge in [0.05, 0.1) is 22.8 Å². The monoisotopic (exact) mass is 298 g/mol. The lowest BCUT2D eigenvalue weighted by Gasteiger charge is -2.32. The molecule has 0 aromatic heterocycles. The Kier molecular flexibility index (Phi) is 4.06. The first-order valence-corrected chi connectivity index (χ1v) is 7.05. The van der Waals surface area contributed by atoms with E-state index < -0.39 is 30.0 Å². The summed E-state index contributed by atoms with van der Waals surface area (Å²) in [6.45, 7) is 10.9. The summed E-state index contributed by atoms with van der Waals surface area (Å²) in [5, 5.41) is 0. The van der Waals surface area contributed by atoms with Crippen molar-refractivity contribution >= 4 is 12.6 Å². The summed E-state index contributed by atoms with van der Waals surface area (Å²) in [4.78, 5) is 0. The van der Waals surface area contributed by atoms with Gasteiger partial charge >= 0.3 is 7.12 Å². The fourth-order valence-corrected chi connectivity index (χ4v) is 2.07.